The van der Waals surface area contributed by atoms with Gasteiger partial charge in [-0.25, -0.2) is 0 Å². The summed E-state index contributed by atoms with van der Waals surface area (Å²) in [5.41, 5.74) is 5.95. The van der Waals surface area contributed by atoms with Gasteiger partial charge in [0.05, 0.1) is 6.10 Å². The zero-order valence-electron chi connectivity index (χ0n) is 12.8. The van der Waals surface area contributed by atoms with Crippen LogP contribution in [-0.2, 0) is 9.53 Å². The van der Waals surface area contributed by atoms with Crippen LogP contribution >= 0.6 is 24.0 Å². The summed E-state index contributed by atoms with van der Waals surface area (Å²) in [7, 11) is 0. The van der Waals surface area contributed by atoms with Crippen LogP contribution in [-0.4, -0.2) is 42.6 Å². The molecule has 5 nitrogen and oxygen atoms in total. The number of guanidine groups is 1. The molecule has 0 aliphatic carbocycles. The minimum atomic E-state index is -0.157. The minimum Gasteiger partial charge on any atom is -0.463 e. The highest BCUT2D eigenvalue weighted by molar-refractivity contribution is 14.0. The Balaban J connectivity index is 0.00000361. The molecule has 1 saturated heterocycles. The molecule has 1 rings (SSSR count). The largest absolute Gasteiger partial charge is 0.463 e. The topological polar surface area (TPSA) is 67.9 Å². The van der Waals surface area contributed by atoms with Crippen LogP contribution in [0.15, 0.2) is 4.99 Å². The molecule has 1 aliphatic rings. The summed E-state index contributed by atoms with van der Waals surface area (Å²) < 4.78 is 5.06. The molecule has 0 amide bonds. The fourth-order valence-electron chi connectivity index (χ4n) is 2.08. The first-order valence-electron chi connectivity index (χ1n) is 7.23. The van der Waals surface area contributed by atoms with Gasteiger partial charge in [-0.1, -0.05) is 6.92 Å². The Kier molecular flexibility index (Phi) is 9.96. The van der Waals surface area contributed by atoms with Crippen LogP contribution in [0.5, 0.6) is 0 Å². The molecular weight excluding hydrogens is 369 g/mol. The number of ether oxygens (including phenoxy) is 1. The monoisotopic (exact) mass is 397 g/mol. The van der Waals surface area contributed by atoms with Crippen LogP contribution in [0, 0.1) is 5.92 Å². The molecule has 0 atom stereocenters. The quantitative estimate of drug-likeness (QED) is 0.254. The van der Waals surface area contributed by atoms with Crippen LogP contribution in [0.4, 0.5) is 0 Å². The lowest BCUT2D eigenvalue weighted by Gasteiger charge is -2.31. The standard InChI is InChI=1S/C14H27N3O2.HI/c1-11(2)19-13(18)5-4-8-16-14(15)17-9-6-12(3)7-10-17;/h11-12H,4-10H2,1-3H3,(H2,15,16);1H. The van der Waals surface area contributed by atoms with Crippen molar-refractivity contribution in [2.75, 3.05) is 19.6 Å². The Labute approximate surface area is 139 Å². The van der Waals surface area contributed by atoms with Crippen molar-refractivity contribution in [1.82, 2.24) is 4.90 Å². The van der Waals surface area contributed by atoms with Gasteiger partial charge >= 0.3 is 5.97 Å². The summed E-state index contributed by atoms with van der Waals surface area (Å²) in [5, 5.41) is 0. The zero-order valence-corrected chi connectivity index (χ0v) is 15.1. The first-order chi connectivity index (χ1) is 8.99. The lowest BCUT2D eigenvalue weighted by atomic mass is 10.00. The van der Waals surface area contributed by atoms with E-state index in [-0.39, 0.29) is 36.0 Å². The van der Waals surface area contributed by atoms with E-state index in [1.807, 2.05) is 13.8 Å². The van der Waals surface area contributed by atoms with Gasteiger partial charge < -0.3 is 15.4 Å². The average Bonchev–Trinajstić information content (AvgIpc) is 2.34. The van der Waals surface area contributed by atoms with E-state index in [2.05, 4.69) is 16.8 Å². The second-order valence-electron chi connectivity index (χ2n) is 5.55. The van der Waals surface area contributed by atoms with Crippen LogP contribution < -0.4 is 5.73 Å². The van der Waals surface area contributed by atoms with Crippen molar-refractivity contribution in [3.8, 4) is 0 Å². The third-order valence-corrected chi connectivity index (χ3v) is 3.29. The van der Waals surface area contributed by atoms with Crippen molar-refractivity contribution in [2.45, 2.75) is 52.6 Å². The number of hydrogen-bond donors (Lipinski definition) is 1. The third kappa shape index (κ3) is 7.91. The molecule has 2 N–H and O–H groups in total. The number of halogens is 1. The average molecular weight is 397 g/mol. The number of hydrogen-bond acceptors (Lipinski definition) is 3. The molecule has 0 saturated carbocycles. The molecule has 118 valence electrons. The van der Waals surface area contributed by atoms with Crippen molar-refractivity contribution in [2.24, 2.45) is 16.6 Å². The van der Waals surface area contributed by atoms with E-state index in [0.29, 0.717) is 25.3 Å². The number of piperidine rings is 1. The zero-order chi connectivity index (χ0) is 14.3. The molecule has 0 unspecified atom stereocenters. The number of nitrogens with two attached hydrogens (primary N) is 1. The highest BCUT2D eigenvalue weighted by atomic mass is 127. The number of carbonyl (C=O) groups excluding carboxylic acids is 1. The van der Waals surface area contributed by atoms with Crippen molar-refractivity contribution >= 4 is 35.9 Å². The smallest absolute Gasteiger partial charge is 0.306 e. The van der Waals surface area contributed by atoms with Crippen molar-refractivity contribution in [3.63, 3.8) is 0 Å². The maximum absolute atomic E-state index is 11.3. The maximum Gasteiger partial charge on any atom is 0.306 e. The summed E-state index contributed by atoms with van der Waals surface area (Å²) >= 11 is 0. The number of likely N-dealkylation sites (tertiary alicyclic amines) is 1. The Morgan fingerprint density at radius 1 is 1.40 bits per heavy atom. The molecule has 20 heavy (non-hydrogen) atoms. The van der Waals surface area contributed by atoms with E-state index in [1.54, 1.807) is 0 Å². The van der Waals surface area contributed by atoms with E-state index >= 15 is 0 Å². The van der Waals surface area contributed by atoms with E-state index in [4.69, 9.17) is 10.5 Å². The summed E-state index contributed by atoms with van der Waals surface area (Å²) in [4.78, 5) is 17.8. The van der Waals surface area contributed by atoms with E-state index in [0.717, 1.165) is 19.0 Å². The molecular formula is C14H28IN3O2. The molecule has 6 heteroatoms. The Hall–Kier alpha value is -0.530. The Morgan fingerprint density at radius 3 is 2.55 bits per heavy atom. The molecule has 1 heterocycles. The normalized spacial score (nSPS) is 17.0. The highest BCUT2D eigenvalue weighted by Crippen LogP contribution is 2.15. The molecule has 0 bridgehead atoms. The Morgan fingerprint density at radius 2 is 2.00 bits per heavy atom. The summed E-state index contributed by atoms with van der Waals surface area (Å²) in [6.07, 6.45) is 3.41. The van der Waals surface area contributed by atoms with Gasteiger partial charge in [0.15, 0.2) is 5.96 Å². The first-order valence-corrected chi connectivity index (χ1v) is 7.23. The first kappa shape index (κ1) is 19.5. The number of aliphatic imine (C=N–C) groups is 1. The predicted molar refractivity (Wildman–Crippen MR) is 92.3 cm³/mol. The van der Waals surface area contributed by atoms with Crippen molar-refractivity contribution in [3.05, 3.63) is 0 Å². The van der Waals surface area contributed by atoms with Crippen LogP contribution in [0.25, 0.3) is 0 Å². The number of esters is 1. The third-order valence-electron chi connectivity index (χ3n) is 3.29. The molecule has 1 fully saturated rings. The van der Waals surface area contributed by atoms with E-state index in [9.17, 15) is 4.79 Å². The molecule has 0 radical (unpaired) electrons. The van der Waals surface area contributed by atoms with E-state index in [1.165, 1.54) is 12.8 Å². The summed E-state index contributed by atoms with van der Waals surface area (Å²) in [6.45, 7) is 8.55. The van der Waals surface area contributed by atoms with Gasteiger partial charge in [0.2, 0.25) is 0 Å². The lowest BCUT2D eigenvalue weighted by Crippen LogP contribution is -2.42. The Bertz CT molecular complexity index is 314. The van der Waals surface area contributed by atoms with Crippen molar-refractivity contribution in [1.29, 1.82) is 0 Å². The SMILES string of the molecule is CC1CCN(C(N)=NCCCC(=O)OC(C)C)CC1.I. The highest BCUT2D eigenvalue weighted by Gasteiger charge is 2.16. The maximum atomic E-state index is 11.3. The fraction of sp³-hybridized carbons (Fsp3) is 0.857. The van der Waals surface area contributed by atoms with Gasteiger partial charge in [0, 0.05) is 26.1 Å². The van der Waals surface area contributed by atoms with Crippen LogP contribution in [0.3, 0.4) is 0 Å². The predicted octanol–water partition coefficient (Wildman–Crippen LogP) is 2.38. The van der Waals surface area contributed by atoms with Gasteiger partial charge in [0.25, 0.3) is 0 Å². The lowest BCUT2D eigenvalue weighted by molar-refractivity contribution is -0.147. The number of carbonyl (C=O) groups is 1. The summed E-state index contributed by atoms with van der Waals surface area (Å²) in [6, 6.07) is 0. The molecule has 1 aliphatic heterocycles. The number of rotatable bonds is 5. The van der Waals surface area contributed by atoms with Gasteiger partial charge in [0.1, 0.15) is 0 Å². The fourth-order valence-corrected chi connectivity index (χ4v) is 2.08. The van der Waals surface area contributed by atoms with Gasteiger partial charge in [-0.3, -0.25) is 9.79 Å². The van der Waals surface area contributed by atoms with Gasteiger partial charge in [-0.15, -0.1) is 24.0 Å². The molecule has 0 aromatic heterocycles. The van der Waals surface area contributed by atoms with Gasteiger partial charge in [-0.05, 0) is 39.0 Å². The second-order valence-corrected chi connectivity index (χ2v) is 5.55. The molecule has 0 aromatic rings. The van der Waals surface area contributed by atoms with Crippen LogP contribution in [0.1, 0.15) is 46.5 Å². The van der Waals surface area contributed by atoms with Gasteiger partial charge in [-0.2, -0.15) is 0 Å². The van der Waals surface area contributed by atoms with E-state index < -0.39 is 0 Å². The molecule has 0 spiro atoms. The van der Waals surface area contributed by atoms with Crippen molar-refractivity contribution < 1.29 is 9.53 Å². The second kappa shape index (κ2) is 10.2. The van der Waals surface area contributed by atoms with Crippen LogP contribution in [0.2, 0.25) is 0 Å². The minimum absolute atomic E-state index is 0. The summed E-state index contributed by atoms with van der Waals surface area (Å²) in [5.74, 6) is 1.24. The number of nitrogens with zero attached hydrogens (tertiary/aromatic N) is 2. The molecule has 0 aromatic carbocycles.